The molecule has 1 nitrogen and oxygen atoms in total. The average molecular weight is 258 g/mol. The molecule has 0 fully saturated rings. The molecule has 0 aliphatic carbocycles. The monoisotopic (exact) mass is 257 g/mol. The fourth-order valence-electron chi connectivity index (χ4n) is 1.84. The Kier molecular flexibility index (Phi) is 16.4. The van der Waals surface area contributed by atoms with E-state index in [-0.39, 0.29) is 0 Å². The summed E-state index contributed by atoms with van der Waals surface area (Å²) in [6, 6.07) is 0. The molecule has 0 aromatic heterocycles. The van der Waals surface area contributed by atoms with Crippen molar-refractivity contribution in [3.8, 4) is 0 Å². The maximum absolute atomic E-state index is 4.13. The second kappa shape index (κ2) is 13.0. The molecular weight excluding hydrogens is 218 g/mol. The lowest BCUT2D eigenvalue weighted by atomic mass is 9.76. The van der Waals surface area contributed by atoms with E-state index in [1.807, 2.05) is 27.7 Å². The predicted octanol–water partition coefficient (Wildman–Crippen LogP) is 5.97. The molecule has 0 bridgehead atoms. The van der Waals surface area contributed by atoms with Crippen molar-refractivity contribution < 1.29 is 0 Å². The minimum absolute atomic E-state index is 0.484. The second-order valence-electron chi connectivity index (χ2n) is 5.01. The molecule has 0 heterocycles. The summed E-state index contributed by atoms with van der Waals surface area (Å²) in [5, 5.41) is 0. The fraction of sp³-hybridized carbons (Fsp3) is 0.882. The van der Waals surface area contributed by atoms with Crippen molar-refractivity contribution >= 4 is 0 Å². The number of hydrogen-bond acceptors (Lipinski definition) is 1. The average Bonchev–Trinajstić information content (AvgIpc) is 2.41. The third-order valence-electron chi connectivity index (χ3n) is 3.65. The number of hydrogen-bond donors (Lipinski definition) is 0. The van der Waals surface area contributed by atoms with Gasteiger partial charge in [0.1, 0.15) is 0 Å². The Morgan fingerprint density at radius 3 is 1.61 bits per heavy atom. The van der Waals surface area contributed by atoms with Gasteiger partial charge >= 0.3 is 0 Å². The van der Waals surface area contributed by atoms with Crippen LogP contribution in [0.25, 0.3) is 0 Å². The summed E-state index contributed by atoms with van der Waals surface area (Å²) < 4.78 is 0. The molecular formula is C17H39N. The Morgan fingerprint density at radius 1 is 1.06 bits per heavy atom. The molecule has 0 aromatic rings. The van der Waals surface area contributed by atoms with Crippen LogP contribution in [0.2, 0.25) is 0 Å². The second-order valence-corrected chi connectivity index (χ2v) is 5.01. The van der Waals surface area contributed by atoms with E-state index in [0.717, 1.165) is 0 Å². The van der Waals surface area contributed by atoms with Gasteiger partial charge in [0, 0.05) is 19.8 Å². The van der Waals surface area contributed by atoms with Gasteiger partial charge in [-0.25, -0.2) is 0 Å². The lowest BCUT2D eigenvalue weighted by Crippen LogP contribution is -2.23. The molecule has 0 N–H and O–H groups in total. The first-order valence-corrected chi connectivity index (χ1v) is 7.72. The molecule has 0 amide bonds. The standard InChI is InChI=1S/C13H27N.2C2H6/c1-8-13(5,9-2)10-11(3)12(4)14(6)7;2*1-2/h11H,4,8-10H2,1-3,5-7H3;2*1-2H3. The fourth-order valence-corrected chi connectivity index (χ4v) is 1.84. The summed E-state index contributed by atoms with van der Waals surface area (Å²) >= 11 is 0. The smallest absolute Gasteiger partial charge is 0.00834 e. The van der Waals surface area contributed by atoms with E-state index in [1.54, 1.807) is 0 Å². The zero-order valence-electron chi connectivity index (χ0n) is 14.9. The van der Waals surface area contributed by atoms with Crippen molar-refractivity contribution in [2.45, 2.75) is 74.7 Å². The first-order valence-electron chi connectivity index (χ1n) is 7.72. The van der Waals surface area contributed by atoms with Crippen molar-refractivity contribution in [1.82, 2.24) is 4.90 Å². The van der Waals surface area contributed by atoms with E-state index in [4.69, 9.17) is 0 Å². The Morgan fingerprint density at radius 2 is 1.39 bits per heavy atom. The summed E-state index contributed by atoms with van der Waals surface area (Å²) in [5.41, 5.74) is 1.73. The Labute approximate surface area is 118 Å². The third kappa shape index (κ3) is 9.56. The Hall–Kier alpha value is -0.460. The van der Waals surface area contributed by atoms with Crippen molar-refractivity contribution in [2.75, 3.05) is 14.1 Å². The number of rotatable bonds is 6. The van der Waals surface area contributed by atoms with Crippen LogP contribution in [-0.4, -0.2) is 19.0 Å². The Balaban J connectivity index is -0.000000506. The molecule has 0 radical (unpaired) electrons. The quantitative estimate of drug-likeness (QED) is 0.567. The van der Waals surface area contributed by atoms with Crippen LogP contribution in [0.1, 0.15) is 74.7 Å². The van der Waals surface area contributed by atoms with E-state index in [9.17, 15) is 0 Å². The number of allylic oxidation sites excluding steroid dienone is 1. The summed E-state index contributed by atoms with van der Waals surface area (Å²) in [5.74, 6) is 0.592. The van der Waals surface area contributed by atoms with Crippen molar-refractivity contribution in [1.29, 1.82) is 0 Å². The molecule has 0 saturated heterocycles. The van der Waals surface area contributed by atoms with Gasteiger partial charge in [0.05, 0.1) is 0 Å². The zero-order valence-corrected chi connectivity index (χ0v) is 14.9. The molecule has 112 valence electrons. The summed E-state index contributed by atoms with van der Waals surface area (Å²) in [6.45, 7) is 21.4. The first-order chi connectivity index (χ1) is 8.36. The van der Waals surface area contributed by atoms with E-state index in [1.165, 1.54) is 25.0 Å². The SMILES string of the molecule is C=C(C(C)CC(C)(CC)CC)N(C)C.CC.CC. The van der Waals surface area contributed by atoms with Crippen molar-refractivity contribution in [3.63, 3.8) is 0 Å². The van der Waals surface area contributed by atoms with E-state index in [2.05, 4.69) is 53.3 Å². The van der Waals surface area contributed by atoms with Gasteiger partial charge in [-0.15, -0.1) is 0 Å². The normalized spacial score (nSPS) is 11.4. The van der Waals surface area contributed by atoms with Gasteiger partial charge in [0.15, 0.2) is 0 Å². The van der Waals surface area contributed by atoms with Crippen LogP contribution in [0, 0.1) is 11.3 Å². The molecule has 0 aliphatic heterocycles. The molecule has 0 aliphatic rings. The highest BCUT2D eigenvalue weighted by molar-refractivity contribution is 4.97. The van der Waals surface area contributed by atoms with Crippen LogP contribution < -0.4 is 0 Å². The maximum atomic E-state index is 4.13. The zero-order chi connectivity index (χ0) is 15.4. The lowest BCUT2D eigenvalue weighted by Gasteiger charge is -2.32. The van der Waals surface area contributed by atoms with Gasteiger partial charge in [0.2, 0.25) is 0 Å². The highest BCUT2D eigenvalue weighted by Gasteiger charge is 2.24. The Bertz CT molecular complexity index is 178. The molecule has 1 heteroatoms. The molecule has 1 atom stereocenters. The molecule has 0 aromatic carbocycles. The first kappa shape index (κ1) is 22.7. The third-order valence-corrected chi connectivity index (χ3v) is 3.65. The molecule has 0 saturated carbocycles. The topological polar surface area (TPSA) is 3.24 Å². The van der Waals surface area contributed by atoms with Crippen LogP contribution in [0.5, 0.6) is 0 Å². The molecule has 18 heavy (non-hydrogen) atoms. The van der Waals surface area contributed by atoms with Crippen LogP contribution in [-0.2, 0) is 0 Å². The van der Waals surface area contributed by atoms with Crippen LogP contribution in [0.15, 0.2) is 12.3 Å². The largest absolute Gasteiger partial charge is 0.381 e. The van der Waals surface area contributed by atoms with Gasteiger partial charge < -0.3 is 4.90 Å². The minimum Gasteiger partial charge on any atom is -0.381 e. The van der Waals surface area contributed by atoms with Gasteiger partial charge in [-0.3, -0.25) is 0 Å². The molecule has 1 unspecified atom stereocenters. The highest BCUT2D eigenvalue weighted by atomic mass is 15.1. The highest BCUT2D eigenvalue weighted by Crippen LogP contribution is 2.35. The van der Waals surface area contributed by atoms with Gasteiger partial charge in [0.25, 0.3) is 0 Å². The minimum atomic E-state index is 0.484. The molecule has 0 spiro atoms. The van der Waals surface area contributed by atoms with Crippen LogP contribution >= 0.6 is 0 Å². The number of nitrogens with zero attached hydrogens (tertiary/aromatic N) is 1. The molecule has 0 rings (SSSR count). The summed E-state index contributed by atoms with van der Waals surface area (Å²) in [4.78, 5) is 2.14. The van der Waals surface area contributed by atoms with E-state index >= 15 is 0 Å². The predicted molar refractivity (Wildman–Crippen MR) is 88.0 cm³/mol. The van der Waals surface area contributed by atoms with Gasteiger partial charge in [-0.1, -0.05) is 74.8 Å². The van der Waals surface area contributed by atoms with E-state index in [0.29, 0.717) is 11.3 Å². The van der Waals surface area contributed by atoms with Gasteiger partial charge in [-0.2, -0.15) is 0 Å². The van der Waals surface area contributed by atoms with Crippen molar-refractivity contribution in [2.24, 2.45) is 11.3 Å². The maximum Gasteiger partial charge on any atom is 0.00834 e. The van der Waals surface area contributed by atoms with Crippen LogP contribution in [0.4, 0.5) is 0 Å². The summed E-state index contributed by atoms with van der Waals surface area (Å²) in [6.07, 6.45) is 3.76. The van der Waals surface area contributed by atoms with Crippen LogP contribution in [0.3, 0.4) is 0 Å². The van der Waals surface area contributed by atoms with Crippen molar-refractivity contribution in [3.05, 3.63) is 12.3 Å². The van der Waals surface area contributed by atoms with E-state index < -0.39 is 0 Å². The van der Waals surface area contributed by atoms with Gasteiger partial charge in [-0.05, 0) is 17.8 Å². The lowest BCUT2D eigenvalue weighted by molar-refractivity contribution is 0.228. The summed E-state index contributed by atoms with van der Waals surface area (Å²) in [7, 11) is 4.15.